The topological polar surface area (TPSA) is 84.6 Å². The third-order valence-electron chi connectivity index (χ3n) is 3.91. The highest BCUT2D eigenvalue weighted by Crippen LogP contribution is 2.23. The van der Waals surface area contributed by atoms with Gasteiger partial charge in [0.2, 0.25) is 5.91 Å². The number of amides is 1. The summed E-state index contributed by atoms with van der Waals surface area (Å²) in [6.45, 7) is 1.41. The number of carbonyl (C=O) groups is 1. The van der Waals surface area contributed by atoms with Gasteiger partial charge < -0.3 is 20.9 Å². The lowest BCUT2D eigenvalue weighted by atomic mass is 9.85. The molecule has 0 aromatic carbocycles. The number of rotatable bonds is 8. The van der Waals surface area contributed by atoms with Crippen LogP contribution < -0.4 is 11.1 Å². The van der Waals surface area contributed by atoms with Crippen LogP contribution in [0.25, 0.3) is 0 Å². The van der Waals surface area contributed by atoms with Crippen molar-refractivity contribution in [2.24, 2.45) is 11.7 Å². The van der Waals surface area contributed by atoms with Gasteiger partial charge in [0.1, 0.15) is 0 Å². The molecule has 0 spiro atoms. The summed E-state index contributed by atoms with van der Waals surface area (Å²) >= 11 is 1.65. The van der Waals surface area contributed by atoms with Crippen LogP contribution in [0.4, 0.5) is 0 Å². The first-order chi connectivity index (χ1) is 10.1. The Balaban J connectivity index is 1.55. The van der Waals surface area contributed by atoms with Gasteiger partial charge in [0.05, 0.1) is 19.3 Å². The molecule has 0 bridgehead atoms. The van der Waals surface area contributed by atoms with Gasteiger partial charge in [-0.3, -0.25) is 4.79 Å². The second-order valence-electron chi connectivity index (χ2n) is 5.61. The van der Waals surface area contributed by atoms with Gasteiger partial charge in [0, 0.05) is 23.4 Å². The first-order valence-electron chi connectivity index (χ1n) is 7.46. The predicted molar refractivity (Wildman–Crippen MR) is 82.9 cm³/mol. The molecule has 4 N–H and O–H groups in total. The number of thiophene rings is 1. The van der Waals surface area contributed by atoms with E-state index in [1.54, 1.807) is 11.3 Å². The number of nitrogens with two attached hydrogens (primary N) is 1. The van der Waals surface area contributed by atoms with Crippen LogP contribution in [0.3, 0.4) is 0 Å². The number of ether oxygens (including phenoxy) is 1. The molecule has 1 amide bonds. The van der Waals surface area contributed by atoms with E-state index in [0.29, 0.717) is 25.8 Å². The van der Waals surface area contributed by atoms with Crippen LogP contribution in [0.2, 0.25) is 0 Å². The number of hydrogen-bond donors (Lipinski definition) is 3. The Hall–Kier alpha value is -0.950. The Bertz CT molecular complexity index is 417. The molecule has 5 nitrogen and oxygen atoms in total. The SMILES string of the molecule is NC(=O)C1CCC(NCC(O)COCc2cccs2)CC1. The van der Waals surface area contributed by atoms with Crippen LogP contribution in [0.15, 0.2) is 17.5 Å². The minimum atomic E-state index is -0.501. The van der Waals surface area contributed by atoms with E-state index in [0.717, 1.165) is 25.7 Å². The molecule has 1 aromatic heterocycles. The molecule has 1 aliphatic carbocycles. The molecule has 1 atom stereocenters. The Labute approximate surface area is 129 Å². The second-order valence-corrected chi connectivity index (χ2v) is 6.64. The van der Waals surface area contributed by atoms with Crippen LogP contribution in [0.1, 0.15) is 30.6 Å². The number of aliphatic hydroxyl groups is 1. The fraction of sp³-hybridized carbons (Fsp3) is 0.667. The van der Waals surface area contributed by atoms with Gasteiger partial charge in [-0.1, -0.05) is 6.07 Å². The van der Waals surface area contributed by atoms with Crippen molar-refractivity contribution in [3.05, 3.63) is 22.4 Å². The fourth-order valence-electron chi connectivity index (χ4n) is 2.63. The molecule has 2 rings (SSSR count). The highest BCUT2D eigenvalue weighted by molar-refractivity contribution is 7.09. The van der Waals surface area contributed by atoms with Crippen molar-refractivity contribution in [3.63, 3.8) is 0 Å². The second kappa shape index (κ2) is 8.48. The summed E-state index contributed by atoms with van der Waals surface area (Å²) in [7, 11) is 0. The summed E-state index contributed by atoms with van der Waals surface area (Å²) in [4.78, 5) is 12.3. The van der Waals surface area contributed by atoms with Gasteiger partial charge in [-0.25, -0.2) is 0 Å². The summed E-state index contributed by atoms with van der Waals surface area (Å²) < 4.78 is 5.49. The molecule has 6 heteroatoms. The first-order valence-corrected chi connectivity index (χ1v) is 8.34. The molecule has 1 aliphatic rings. The minimum absolute atomic E-state index is 0.0297. The Morgan fingerprint density at radius 3 is 2.86 bits per heavy atom. The number of carbonyl (C=O) groups excluding carboxylic acids is 1. The molecule has 1 saturated carbocycles. The predicted octanol–water partition coefficient (Wildman–Crippen LogP) is 1.26. The van der Waals surface area contributed by atoms with Crippen molar-refractivity contribution in [3.8, 4) is 0 Å². The molecule has 0 saturated heterocycles. The van der Waals surface area contributed by atoms with Crippen LogP contribution in [-0.4, -0.2) is 36.3 Å². The zero-order valence-electron chi connectivity index (χ0n) is 12.2. The van der Waals surface area contributed by atoms with Gasteiger partial charge >= 0.3 is 0 Å². The summed E-state index contributed by atoms with van der Waals surface area (Å²) in [6.07, 6.45) is 3.07. The van der Waals surface area contributed by atoms with E-state index in [4.69, 9.17) is 10.5 Å². The third-order valence-corrected chi connectivity index (χ3v) is 4.76. The Kier molecular flexibility index (Phi) is 6.63. The molecule has 0 radical (unpaired) electrons. The van der Waals surface area contributed by atoms with Crippen LogP contribution in [0.5, 0.6) is 0 Å². The van der Waals surface area contributed by atoms with Crippen molar-refractivity contribution >= 4 is 17.2 Å². The molecular weight excluding hydrogens is 288 g/mol. The Morgan fingerprint density at radius 2 is 2.24 bits per heavy atom. The van der Waals surface area contributed by atoms with E-state index in [-0.39, 0.29) is 11.8 Å². The third kappa shape index (κ3) is 5.74. The normalized spacial score (nSPS) is 23.9. The zero-order chi connectivity index (χ0) is 15.1. The van der Waals surface area contributed by atoms with Crippen molar-refractivity contribution in [1.82, 2.24) is 5.32 Å². The van der Waals surface area contributed by atoms with Crippen LogP contribution >= 0.6 is 11.3 Å². The lowest BCUT2D eigenvalue weighted by Crippen LogP contribution is -2.41. The van der Waals surface area contributed by atoms with Gasteiger partial charge in [0.25, 0.3) is 0 Å². The number of hydrogen-bond acceptors (Lipinski definition) is 5. The molecule has 1 fully saturated rings. The zero-order valence-corrected chi connectivity index (χ0v) is 13.0. The van der Waals surface area contributed by atoms with Gasteiger partial charge in [-0.2, -0.15) is 0 Å². The molecule has 1 heterocycles. The molecule has 118 valence electrons. The highest BCUT2D eigenvalue weighted by atomic mass is 32.1. The maximum absolute atomic E-state index is 11.1. The van der Waals surface area contributed by atoms with E-state index >= 15 is 0 Å². The molecular formula is C15H24N2O3S. The first kappa shape index (κ1) is 16.4. The van der Waals surface area contributed by atoms with Gasteiger partial charge in [0.15, 0.2) is 0 Å². The monoisotopic (exact) mass is 312 g/mol. The molecule has 1 aromatic rings. The van der Waals surface area contributed by atoms with E-state index in [1.165, 1.54) is 4.88 Å². The van der Waals surface area contributed by atoms with Crippen LogP contribution in [0, 0.1) is 5.92 Å². The van der Waals surface area contributed by atoms with Crippen LogP contribution in [-0.2, 0) is 16.1 Å². The smallest absolute Gasteiger partial charge is 0.220 e. The van der Waals surface area contributed by atoms with Gasteiger partial charge in [-0.15, -0.1) is 11.3 Å². The Morgan fingerprint density at radius 1 is 1.48 bits per heavy atom. The lowest BCUT2D eigenvalue weighted by molar-refractivity contribution is -0.122. The van der Waals surface area contributed by atoms with E-state index in [2.05, 4.69) is 5.32 Å². The average Bonchev–Trinajstić information content (AvgIpc) is 2.99. The average molecular weight is 312 g/mol. The lowest BCUT2D eigenvalue weighted by Gasteiger charge is -2.28. The van der Waals surface area contributed by atoms with E-state index in [1.807, 2.05) is 17.5 Å². The maximum Gasteiger partial charge on any atom is 0.220 e. The fourth-order valence-corrected chi connectivity index (χ4v) is 3.27. The van der Waals surface area contributed by atoms with Crippen molar-refractivity contribution in [2.45, 2.75) is 44.4 Å². The van der Waals surface area contributed by atoms with E-state index in [9.17, 15) is 9.90 Å². The summed E-state index contributed by atoms with van der Waals surface area (Å²) in [5.41, 5.74) is 5.31. The minimum Gasteiger partial charge on any atom is -0.389 e. The molecule has 1 unspecified atom stereocenters. The number of nitrogens with one attached hydrogen (secondary N) is 1. The summed E-state index contributed by atoms with van der Waals surface area (Å²) in [5, 5.41) is 15.2. The largest absolute Gasteiger partial charge is 0.389 e. The molecule has 0 aliphatic heterocycles. The summed E-state index contributed by atoms with van der Waals surface area (Å²) in [5.74, 6) is -0.155. The number of primary amides is 1. The highest BCUT2D eigenvalue weighted by Gasteiger charge is 2.24. The van der Waals surface area contributed by atoms with Gasteiger partial charge in [-0.05, 0) is 37.1 Å². The van der Waals surface area contributed by atoms with Crippen molar-refractivity contribution < 1.29 is 14.6 Å². The maximum atomic E-state index is 11.1. The van der Waals surface area contributed by atoms with Crippen molar-refractivity contribution in [2.75, 3.05) is 13.2 Å². The van der Waals surface area contributed by atoms with E-state index < -0.39 is 6.10 Å². The molecule has 21 heavy (non-hydrogen) atoms. The number of aliphatic hydroxyl groups excluding tert-OH is 1. The van der Waals surface area contributed by atoms with Crippen molar-refractivity contribution in [1.29, 1.82) is 0 Å². The quantitative estimate of drug-likeness (QED) is 0.675. The standard InChI is InChI=1S/C15H24N2O3S/c16-15(19)11-3-5-12(6-4-11)17-8-13(18)9-20-10-14-2-1-7-21-14/h1-2,7,11-13,17-18H,3-6,8-10H2,(H2,16,19). The summed E-state index contributed by atoms with van der Waals surface area (Å²) in [6, 6.07) is 4.38.